The molecule has 0 bridgehead atoms. The minimum absolute atomic E-state index is 0.688. The SMILES string of the molecule is Cc1ccc(NC(=S)NCCSCc2ccccc2C)c(C)c1. The molecule has 0 saturated carbocycles. The van der Waals surface area contributed by atoms with E-state index >= 15 is 0 Å². The van der Waals surface area contributed by atoms with Crippen molar-refractivity contribution in [2.75, 3.05) is 17.6 Å². The van der Waals surface area contributed by atoms with Gasteiger partial charge in [0.15, 0.2) is 5.11 Å². The molecule has 23 heavy (non-hydrogen) atoms. The van der Waals surface area contributed by atoms with Gasteiger partial charge in [-0.2, -0.15) is 11.8 Å². The first-order chi connectivity index (χ1) is 11.1. The molecule has 0 unspecified atom stereocenters. The van der Waals surface area contributed by atoms with Crippen molar-refractivity contribution < 1.29 is 0 Å². The second-order valence-electron chi connectivity index (χ2n) is 5.68. The minimum atomic E-state index is 0.688. The average molecular weight is 345 g/mol. The Morgan fingerprint density at radius 3 is 2.57 bits per heavy atom. The van der Waals surface area contributed by atoms with Crippen LogP contribution in [0.2, 0.25) is 0 Å². The smallest absolute Gasteiger partial charge is 0.170 e. The van der Waals surface area contributed by atoms with Crippen LogP contribution in [0.15, 0.2) is 42.5 Å². The Kier molecular flexibility index (Phi) is 6.93. The lowest BCUT2D eigenvalue weighted by Gasteiger charge is -2.13. The largest absolute Gasteiger partial charge is 0.362 e. The summed E-state index contributed by atoms with van der Waals surface area (Å²) in [6, 6.07) is 14.9. The first kappa shape index (κ1) is 17.8. The molecule has 4 heteroatoms. The van der Waals surface area contributed by atoms with Gasteiger partial charge in [0.25, 0.3) is 0 Å². The van der Waals surface area contributed by atoms with Crippen molar-refractivity contribution in [1.82, 2.24) is 5.32 Å². The monoisotopic (exact) mass is 344 g/mol. The van der Waals surface area contributed by atoms with Crippen molar-refractivity contribution in [1.29, 1.82) is 0 Å². The van der Waals surface area contributed by atoms with Crippen LogP contribution in [-0.4, -0.2) is 17.4 Å². The summed E-state index contributed by atoms with van der Waals surface area (Å²) in [7, 11) is 0. The lowest BCUT2D eigenvalue weighted by molar-refractivity contribution is 0.989. The first-order valence-electron chi connectivity index (χ1n) is 7.80. The molecule has 0 saturated heterocycles. The number of rotatable bonds is 6. The van der Waals surface area contributed by atoms with Crippen LogP contribution in [0.3, 0.4) is 0 Å². The van der Waals surface area contributed by atoms with E-state index in [-0.39, 0.29) is 0 Å². The molecule has 2 N–H and O–H groups in total. The van der Waals surface area contributed by atoms with E-state index in [1.165, 1.54) is 22.3 Å². The summed E-state index contributed by atoms with van der Waals surface area (Å²) < 4.78 is 0. The third kappa shape index (κ3) is 5.88. The van der Waals surface area contributed by atoms with Crippen molar-refractivity contribution in [2.45, 2.75) is 26.5 Å². The molecular formula is C19H24N2S2. The topological polar surface area (TPSA) is 24.1 Å². The summed E-state index contributed by atoms with van der Waals surface area (Å²) in [5.74, 6) is 2.08. The average Bonchev–Trinajstić information content (AvgIpc) is 2.51. The van der Waals surface area contributed by atoms with E-state index in [0.717, 1.165) is 23.7 Å². The Labute approximate surface area is 149 Å². The molecule has 0 aliphatic carbocycles. The molecule has 0 spiro atoms. The third-order valence-corrected chi connectivity index (χ3v) is 4.94. The Morgan fingerprint density at radius 1 is 1.04 bits per heavy atom. The van der Waals surface area contributed by atoms with E-state index in [4.69, 9.17) is 12.2 Å². The highest BCUT2D eigenvalue weighted by Gasteiger charge is 2.01. The molecule has 0 atom stereocenters. The highest BCUT2D eigenvalue weighted by molar-refractivity contribution is 7.98. The summed E-state index contributed by atoms with van der Waals surface area (Å²) in [5, 5.41) is 7.23. The second-order valence-corrected chi connectivity index (χ2v) is 7.19. The van der Waals surface area contributed by atoms with Gasteiger partial charge in [-0.15, -0.1) is 0 Å². The zero-order valence-electron chi connectivity index (χ0n) is 14.0. The fourth-order valence-electron chi connectivity index (χ4n) is 2.31. The van der Waals surface area contributed by atoms with Gasteiger partial charge < -0.3 is 10.6 Å². The summed E-state index contributed by atoms with van der Waals surface area (Å²) >= 11 is 7.28. The Balaban J connectivity index is 1.68. The Bertz CT molecular complexity index is 668. The highest BCUT2D eigenvalue weighted by Crippen LogP contribution is 2.16. The van der Waals surface area contributed by atoms with Crippen LogP contribution in [-0.2, 0) is 5.75 Å². The highest BCUT2D eigenvalue weighted by atomic mass is 32.2. The summed E-state index contributed by atoms with van der Waals surface area (Å²) in [6.07, 6.45) is 0. The number of benzene rings is 2. The van der Waals surface area contributed by atoms with Gasteiger partial charge in [-0.25, -0.2) is 0 Å². The molecule has 0 aliphatic rings. The maximum Gasteiger partial charge on any atom is 0.170 e. The Morgan fingerprint density at radius 2 is 1.83 bits per heavy atom. The first-order valence-corrected chi connectivity index (χ1v) is 9.37. The van der Waals surface area contributed by atoms with Crippen molar-refractivity contribution in [3.63, 3.8) is 0 Å². The standard InChI is InChI=1S/C19H24N2S2/c1-14-8-9-18(16(3)12-14)21-19(22)20-10-11-23-13-17-7-5-4-6-15(17)2/h4-9,12H,10-11,13H2,1-3H3,(H2,20,21,22). The second kappa shape index (κ2) is 8.94. The summed E-state index contributed by atoms with van der Waals surface area (Å²) in [4.78, 5) is 0. The van der Waals surface area contributed by atoms with Crippen molar-refractivity contribution in [2.24, 2.45) is 0 Å². The number of aryl methyl sites for hydroxylation is 3. The zero-order chi connectivity index (χ0) is 16.7. The lowest BCUT2D eigenvalue weighted by atomic mass is 10.1. The van der Waals surface area contributed by atoms with Crippen molar-refractivity contribution >= 4 is 34.8 Å². The zero-order valence-corrected chi connectivity index (χ0v) is 15.6. The molecule has 122 valence electrons. The lowest BCUT2D eigenvalue weighted by Crippen LogP contribution is -2.30. The maximum atomic E-state index is 5.36. The van der Waals surface area contributed by atoms with Gasteiger partial charge >= 0.3 is 0 Å². The summed E-state index contributed by atoms with van der Waals surface area (Å²) in [5.41, 5.74) is 6.32. The number of hydrogen-bond acceptors (Lipinski definition) is 2. The normalized spacial score (nSPS) is 10.4. The van der Waals surface area contributed by atoms with Gasteiger partial charge in [-0.3, -0.25) is 0 Å². The quantitative estimate of drug-likeness (QED) is 0.579. The van der Waals surface area contributed by atoms with Crippen molar-refractivity contribution in [3.8, 4) is 0 Å². The number of nitrogens with one attached hydrogen (secondary N) is 2. The molecular weight excluding hydrogens is 320 g/mol. The van der Waals surface area contributed by atoms with E-state index in [9.17, 15) is 0 Å². The van der Waals surface area contributed by atoms with E-state index in [0.29, 0.717) is 5.11 Å². The van der Waals surface area contributed by atoms with E-state index < -0.39 is 0 Å². The number of anilines is 1. The minimum Gasteiger partial charge on any atom is -0.362 e. The van der Waals surface area contributed by atoms with Gasteiger partial charge in [0.1, 0.15) is 0 Å². The van der Waals surface area contributed by atoms with Crippen LogP contribution >= 0.6 is 24.0 Å². The predicted octanol–water partition coefficient (Wildman–Crippen LogP) is 4.83. The van der Waals surface area contributed by atoms with Crippen LogP contribution in [0.1, 0.15) is 22.3 Å². The molecule has 2 nitrogen and oxygen atoms in total. The maximum absolute atomic E-state index is 5.36. The molecule has 2 aromatic carbocycles. The van der Waals surface area contributed by atoms with Gasteiger partial charge in [0.05, 0.1) is 0 Å². The Hall–Kier alpha value is -1.52. The summed E-state index contributed by atoms with van der Waals surface area (Å²) in [6.45, 7) is 7.22. The van der Waals surface area contributed by atoms with Crippen LogP contribution in [0.4, 0.5) is 5.69 Å². The molecule has 0 amide bonds. The van der Waals surface area contributed by atoms with Crippen LogP contribution in [0.25, 0.3) is 0 Å². The van der Waals surface area contributed by atoms with E-state index in [1.54, 1.807) is 0 Å². The fraction of sp³-hybridized carbons (Fsp3) is 0.316. The molecule has 0 aliphatic heterocycles. The molecule has 2 rings (SSSR count). The van der Waals surface area contributed by atoms with Gasteiger partial charge in [0.2, 0.25) is 0 Å². The van der Waals surface area contributed by atoms with Crippen LogP contribution in [0.5, 0.6) is 0 Å². The van der Waals surface area contributed by atoms with Crippen molar-refractivity contribution in [3.05, 3.63) is 64.7 Å². The van der Waals surface area contributed by atoms with Gasteiger partial charge in [-0.1, -0.05) is 42.0 Å². The number of thioether (sulfide) groups is 1. The molecule has 2 aromatic rings. The molecule has 0 heterocycles. The van der Waals surface area contributed by atoms with Crippen LogP contribution < -0.4 is 10.6 Å². The molecule has 0 fully saturated rings. The number of thiocarbonyl (C=S) groups is 1. The van der Waals surface area contributed by atoms with E-state index in [1.807, 2.05) is 11.8 Å². The number of hydrogen-bond donors (Lipinski definition) is 2. The van der Waals surface area contributed by atoms with Crippen LogP contribution in [0, 0.1) is 20.8 Å². The fourth-order valence-corrected chi connectivity index (χ4v) is 3.46. The third-order valence-electron chi connectivity index (χ3n) is 3.68. The predicted molar refractivity (Wildman–Crippen MR) is 107 cm³/mol. The van der Waals surface area contributed by atoms with E-state index in [2.05, 4.69) is 73.9 Å². The van der Waals surface area contributed by atoms with Gasteiger partial charge in [-0.05, 0) is 55.7 Å². The van der Waals surface area contributed by atoms with Gasteiger partial charge in [0, 0.05) is 23.7 Å². The molecule has 0 radical (unpaired) electrons. The molecule has 0 aromatic heterocycles.